The average Bonchev–Trinajstić information content (AvgIpc) is 3.22. The normalized spacial score (nSPS) is 26.9. The minimum Gasteiger partial charge on any atom is -1.00 e. The van der Waals surface area contributed by atoms with Crippen LogP contribution < -0.4 is 52.8 Å². The van der Waals surface area contributed by atoms with E-state index in [2.05, 4.69) is 21.7 Å². The van der Waals surface area contributed by atoms with Crippen LogP contribution in [0.5, 0.6) is 0 Å². The fraction of sp³-hybridized carbons (Fsp3) is 0.538. The van der Waals surface area contributed by atoms with E-state index in [4.69, 9.17) is 0 Å². The van der Waals surface area contributed by atoms with E-state index < -0.39 is 18.6 Å². The number of rotatable bonds is 3. The molecular weight excluding hydrogens is 548 g/mol. The van der Waals surface area contributed by atoms with Crippen molar-refractivity contribution < 1.29 is 70.8 Å². The number of H-pyrrole nitrogens is 1. The van der Waals surface area contributed by atoms with E-state index in [1.807, 2.05) is 43.3 Å². The molecule has 3 aliphatic rings. The van der Waals surface area contributed by atoms with Gasteiger partial charge in [-0.15, -0.1) is 0 Å². The minimum atomic E-state index is -4.31. The number of nitrogens with zero attached hydrogens (tertiary/aromatic N) is 1. The number of pyridine rings is 1. The number of aryl methyl sites for hydroxylation is 1. The zero-order valence-electron chi connectivity index (χ0n) is 20.7. The average molecular weight is 582 g/mol. The molecule has 4 atom stereocenters. The summed E-state index contributed by atoms with van der Waals surface area (Å²) in [4.78, 5) is 19.1. The van der Waals surface area contributed by atoms with Crippen molar-refractivity contribution in [3.63, 3.8) is 0 Å². The molecule has 0 aliphatic carbocycles. The van der Waals surface area contributed by atoms with Gasteiger partial charge in [0.05, 0.1) is 26.1 Å². The number of alkyl halides is 3. The first-order chi connectivity index (χ1) is 16.3. The summed E-state index contributed by atoms with van der Waals surface area (Å²) in [6, 6.07) is 13.1. The molecule has 1 aromatic carbocycles. The summed E-state index contributed by atoms with van der Waals surface area (Å²) in [5.74, 6) is -0.373. The molecule has 5 rings (SSSR count). The van der Waals surface area contributed by atoms with Crippen LogP contribution in [0, 0.1) is 12.8 Å². The Bertz CT molecular complexity index is 1060. The fourth-order valence-corrected chi connectivity index (χ4v) is 6.63. The van der Waals surface area contributed by atoms with Crippen molar-refractivity contribution in [2.24, 2.45) is 5.92 Å². The minimum absolute atomic E-state index is 0. The lowest BCUT2D eigenvalue weighted by atomic mass is 9.69. The maximum atomic E-state index is 14.0. The molecule has 2 saturated heterocycles. The number of piperidine rings is 1. The Morgan fingerprint density at radius 2 is 1.78 bits per heavy atom. The largest absolute Gasteiger partial charge is 1.00 e. The lowest BCUT2D eigenvalue weighted by Gasteiger charge is -2.43. The number of quaternary nitrogens is 2. The number of carbonyl (C=O) groups is 1. The van der Waals surface area contributed by atoms with Gasteiger partial charge in [-0.25, -0.2) is 4.98 Å². The van der Waals surface area contributed by atoms with Gasteiger partial charge in [0.2, 0.25) is 11.6 Å². The van der Waals surface area contributed by atoms with Crippen LogP contribution in [0.25, 0.3) is 0 Å². The second-order valence-corrected chi connectivity index (χ2v) is 10.3. The number of hydrogen-bond acceptors (Lipinski definition) is 1. The van der Waals surface area contributed by atoms with Crippen LogP contribution in [0.2, 0.25) is 0 Å². The highest BCUT2D eigenvalue weighted by atomic mass is 35.5. The Balaban J connectivity index is 0.00000160. The van der Waals surface area contributed by atoms with Gasteiger partial charge in [0.25, 0.3) is 0 Å². The monoisotopic (exact) mass is 580 g/mol. The Morgan fingerprint density at radius 3 is 2.49 bits per heavy atom. The molecule has 2 aromatic rings. The van der Waals surface area contributed by atoms with E-state index in [0.717, 1.165) is 36.6 Å². The van der Waals surface area contributed by atoms with Crippen molar-refractivity contribution in [1.82, 2.24) is 4.90 Å². The first-order valence-corrected chi connectivity index (χ1v) is 12.3. The van der Waals surface area contributed by atoms with Crippen LogP contribution in [-0.4, -0.2) is 49.2 Å². The lowest BCUT2D eigenvalue weighted by molar-refractivity contribution is -0.701. The molecule has 37 heavy (non-hydrogen) atoms. The second-order valence-electron chi connectivity index (χ2n) is 10.3. The molecule has 206 valence electrons. The smallest absolute Gasteiger partial charge is 0.391 e. The summed E-state index contributed by atoms with van der Waals surface area (Å²) < 4.78 is 40.8. The summed E-state index contributed by atoms with van der Waals surface area (Å²) in [6.07, 6.45) is -4.20. The van der Waals surface area contributed by atoms with Crippen molar-refractivity contribution in [3.05, 3.63) is 65.0 Å². The molecule has 1 amide bonds. The summed E-state index contributed by atoms with van der Waals surface area (Å²) in [5.41, 5.74) is 4.08. The Labute approximate surface area is 234 Å². The van der Waals surface area contributed by atoms with E-state index in [9.17, 15) is 18.0 Å². The molecule has 5 nitrogen and oxygen atoms in total. The van der Waals surface area contributed by atoms with Crippen LogP contribution in [0.3, 0.4) is 0 Å². The van der Waals surface area contributed by atoms with E-state index in [-0.39, 0.29) is 60.4 Å². The van der Waals surface area contributed by atoms with Gasteiger partial charge in [0.1, 0.15) is 11.3 Å². The Morgan fingerprint density at radius 1 is 1.08 bits per heavy atom. The molecular formula is C26H34Cl3F3N4O. The number of nitrogens with one attached hydrogen (secondary N) is 1. The van der Waals surface area contributed by atoms with Gasteiger partial charge < -0.3 is 52.8 Å². The van der Waals surface area contributed by atoms with Gasteiger partial charge in [-0.1, -0.05) is 30.3 Å². The predicted octanol–water partition coefficient (Wildman–Crippen LogP) is -7.94. The number of halogens is 6. The third-order valence-corrected chi connectivity index (χ3v) is 8.18. The first kappa shape index (κ1) is 31.6. The molecule has 0 unspecified atom stereocenters. The van der Waals surface area contributed by atoms with Crippen LogP contribution in [0.4, 0.5) is 13.2 Å². The van der Waals surface area contributed by atoms with Gasteiger partial charge in [0.15, 0.2) is 12.2 Å². The zero-order valence-corrected chi connectivity index (χ0v) is 23.0. The molecule has 11 heteroatoms. The Hall–Kier alpha value is -1.58. The molecule has 0 radical (unpaired) electrons. The maximum Gasteiger partial charge on any atom is 0.391 e. The van der Waals surface area contributed by atoms with E-state index in [1.54, 1.807) is 4.90 Å². The lowest BCUT2D eigenvalue weighted by Crippen LogP contribution is -3.00. The summed E-state index contributed by atoms with van der Waals surface area (Å²) in [7, 11) is 0. The van der Waals surface area contributed by atoms with Gasteiger partial charge in [-0.2, -0.15) is 13.2 Å². The number of likely N-dealkylation sites (tertiary alicyclic amines) is 1. The summed E-state index contributed by atoms with van der Waals surface area (Å²) in [5, 5.41) is 4.40. The third-order valence-electron chi connectivity index (χ3n) is 8.18. The predicted molar refractivity (Wildman–Crippen MR) is 120 cm³/mol. The highest BCUT2D eigenvalue weighted by molar-refractivity contribution is 5.82. The second kappa shape index (κ2) is 12.5. The standard InChI is InChI=1S/C26H31F3N4O.3ClH/c1-17-7-8-21-23(32-17)14-31-16-25(21)15-30-13-22(25)24(34)33-10-9-19(18-5-3-2-4-6-18)11-20(33)12-26(27,28)29;;;/h2-8,19-20,22,30-31H,9-16H2,1H3;3*1H/t19-,20+,22+,25-;;;/m1.../s1. The molecule has 0 bridgehead atoms. The van der Waals surface area contributed by atoms with Crippen molar-refractivity contribution >= 4 is 5.91 Å². The van der Waals surface area contributed by atoms with Gasteiger partial charge in [0, 0.05) is 31.1 Å². The molecule has 4 heterocycles. The van der Waals surface area contributed by atoms with Crippen LogP contribution >= 0.6 is 0 Å². The molecule has 2 fully saturated rings. The molecule has 1 aromatic heterocycles. The SMILES string of the molecule is Cc1ccc2c([nH+]1)C[NH2+]C[C@]21C[NH2+]C[C@H]1C(=O)N1CC[C@@H](c2ccccc2)C[C@H]1CC(F)(F)F.[Cl-].[Cl-].[Cl-]. The number of amides is 1. The number of fused-ring (bicyclic) bond motifs is 2. The molecule has 5 N–H and O–H groups in total. The number of carbonyl (C=O) groups excluding carboxylic acids is 1. The number of aromatic nitrogens is 1. The number of hydrogen-bond donors (Lipinski definition) is 2. The first-order valence-electron chi connectivity index (χ1n) is 12.3. The zero-order chi connectivity index (χ0) is 23.9. The topological polar surface area (TPSA) is 67.7 Å². The van der Waals surface area contributed by atoms with Crippen LogP contribution in [-0.2, 0) is 16.8 Å². The van der Waals surface area contributed by atoms with Gasteiger partial charge in [-0.3, -0.25) is 4.79 Å². The van der Waals surface area contributed by atoms with Crippen molar-refractivity contribution in [3.8, 4) is 0 Å². The molecule has 1 spiro atoms. The van der Waals surface area contributed by atoms with E-state index in [1.165, 1.54) is 5.56 Å². The van der Waals surface area contributed by atoms with Crippen molar-refractivity contribution in [2.75, 3.05) is 26.2 Å². The fourth-order valence-electron chi connectivity index (χ4n) is 6.63. The van der Waals surface area contributed by atoms with E-state index >= 15 is 0 Å². The molecule has 3 aliphatic heterocycles. The number of nitrogens with two attached hydrogens (primary N) is 2. The van der Waals surface area contributed by atoms with Crippen LogP contribution in [0.15, 0.2) is 42.5 Å². The van der Waals surface area contributed by atoms with E-state index in [0.29, 0.717) is 25.9 Å². The third kappa shape index (κ3) is 6.36. The van der Waals surface area contributed by atoms with Gasteiger partial charge >= 0.3 is 6.18 Å². The Kier molecular flexibility index (Phi) is 10.7. The summed E-state index contributed by atoms with van der Waals surface area (Å²) in [6.45, 7) is 5.42. The van der Waals surface area contributed by atoms with Gasteiger partial charge in [-0.05, 0) is 30.4 Å². The maximum absolute atomic E-state index is 14.0. The number of benzene rings is 1. The van der Waals surface area contributed by atoms with Crippen molar-refractivity contribution in [1.29, 1.82) is 0 Å². The summed E-state index contributed by atoms with van der Waals surface area (Å²) >= 11 is 0. The number of aromatic amines is 1. The highest BCUT2D eigenvalue weighted by Crippen LogP contribution is 2.40. The highest BCUT2D eigenvalue weighted by Gasteiger charge is 2.58. The van der Waals surface area contributed by atoms with Crippen LogP contribution in [0.1, 0.15) is 47.7 Å². The van der Waals surface area contributed by atoms with Crippen molar-refractivity contribution in [2.45, 2.75) is 56.3 Å². The quantitative estimate of drug-likeness (QED) is 0.372. The molecule has 0 saturated carbocycles.